The van der Waals surface area contributed by atoms with Gasteiger partial charge in [0.1, 0.15) is 0 Å². The van der Waals surface area contributed by atoms with E-state index in [1.165, 1.54) is 10.9 Å². The van der Waals surface area contributed by atoms with Gasteiger partial charge in [-0.05, 0) is 68.2 Å². The molecule has 0 N–H and O–H groups in total. The Morgan fingerprint density at radius 3 is 1.32 bits per heavy atom. The molecule has 0 nitrogen and oxygen atoms in total. The Morgan fingerprint density at radius 1 is 0.480 bits per heavy atom. The van der Waals surface area contributed by atoms with Crippen molar-refractivity contribution in [3.05, 3.63) is 46.0 Å². The number of fused-ring (bicyclic) bond motifs is 1. The zero-order valence-corrected chi connectivity index (χ0v) is 18.1. The second kappa shape index (κ2) is 7.52. The van der Waals surface area contributed by atoms with E-state index in [-0.39, 0.29) is 0 Å². The third-order valence-electron chi connectivity index (χ3n) is 5.46. The Morgan fingerprint density at radius 2 is 0.920 bits per heavy atom. The van der Waals surface area contributed by atoms with Crippen molar-refractivity contribution >= 4 is 10.8 Å². The average molecular weight is 339 g/mol. The van der Waals surface area contributed by atoms with Crippen molar-refractivity contribution in [3.63, 3.8) is 0 Å². The first kappa shape index (κ1) is 20.0. The Hall–Kier alpha value is -1.30. The van der Waals surface area contributed by atoms with Crippen LogP contribution in [-0.4, -0.2) is 0 Å². The number of rotatable bonds is 5. The van der Waals surface area contributed by atoms with Gasteiger partial charge in [0.15, 0.2) is 0 Å². The summed E-state index contributed by atoms with van der Waals surface area (Å²) in [6.07, 6.45) is 0. The maximum Gasteiger partial charge on any atom is -0.0109 e. The summed E-state index contributed by atoms with van der Waals surface area (Å²) in [6, 6.07) is 6.99. The standard InChI is InChI=1S/C25H38/c1-14(2)19-12-11-13-20-21(15(3)4)22(16(5)6)23(17(7)8)24(18(9)10)25(19)20/h11-18H,1-10H3. The van der Waals surface area contributed by atoms with E-state index < -0.39 is 0 Å². The van der Waals surface area contributed by atoms with Crippen LogP contribution in [0.15, 0.2) is 18.2 Å². The van der Waals surface area contributed by atoms with Crippen LogP contribution in [0.25, 0.3) is 10.8 Å². The van der Waals surface area contributed by atoms with Gasteiger partial charge in [-0.2, -0.15) is 0 Å². The summed E-state index contributed by atoms with van der Waals surface area (Å²) in [5.41, 5.74) is 7.93. The van der Waals surface area contributed by atoms with Gasteiger partial charge < -0.3 is 0 Å². The maximum atomic E-state index is 2.38. The zero-order chi connectivity index (χ0) is 19.0. The quantitative estimate of drug-likeness (QED) is 0.513. The van der Waals surface area contributed by atoms with E-state index in [2.05, 4.69) is 87.4 Å². The molecule has 2 aromatic rings. The van der Waals surface area contributed by atoms with Crippen LogP contribution in [0.4, 0.5) is 0 Å². The molecule has 0 aliphatic heterocycles. The highest BCUT2D eigenvalue weighted by Gasteiger charge is 2.26. The largest absolute Gasteiger partial charge is 0.0613 e. The molecule has 0 heterocycles. The molecule has 0 aromatic heterocycles. The molecule has 0 saturated heterocycles. The molecule has 0 radical (unpaired) electrons. The predicted octanol–water partition coefficient (Wildman–Crippen LogP) is 8.46. The van der Waals surface area contributed by atoms with Gasteiger partial charge in [0.2, 0.25) is 0 Å². The minimum absolute atomic E-state index is 0.540. The lowest BCUT2D eigenvalue weighted by atomic mass is 9.73. The van der Waals surface area contributed by atoms with Gasteiger partial charge >= 0.3 is 0 Å². The fraction of sp³-hybridized carbons (Fsp3) is 0.600. The molecule has 0 unspecified atom stereocenters. The van der Waals surface area contributed by atoms with Crippen molar-refractivity contribution in [2.45, 2.75) is 98.8 Å². The molecule has 0 heteroatoms. The Kier molecular flexibility index (Phi) is 6.02. The lowest BCUT2D eigenvalue weighted by Crippen LogP contribution is -2.13. The minimum atomic E-state index is 0.540. The maximum absolute atomic E-state index is 2.38. The second-order valence-electron chi connectivity index (χ2n) is 9.20. The van der Waals surface area contributed by atoms with Crippen LogP contribution < -0.4 is 0 Å². The van der Waals surface area contributed by atoms with Gasteiger partial charge in [-0.3, -0.25) is 0 Å². The smallest absolute Gasteiger partial charge is 0.0109 e. The van der Waals surface area contributed by atoms with Crippen molar-refractivity contribution in [1.29, 1.82) is 0 Å². The van der Waals surface area contributed by atoms with E-state index in [1.807, 2.05) is 0 Å². The van der Waals surface area contributed by atoms with E-state index >= 15 is 0 Å². The minimum Gasteiger partial charge on any atom is -0.0613 e. The van der Waals surface area contributed by atoms with Crippen molar-refractivity contribution in [3.8, 4) is 0 Å². The highest BCUT2D eigenvalue weighted by atomic mass is 14.3. The van der Waals surface area contributed by atoms with E-state index in [4.69, 9.17) is 0 Å². The van der Waals surface area contributed by atoms with Crippen LogP contribution in [0, 0.1) is 0 Å². The highest BCUT2D eigenvalue weighted by Crippen LogP contribution is 2.46. The molecule has 138 valence electrons. The summed E-state index contributed by atoms with van der Waals surface area (Å²) in [4.78, 5) is 0. The van der Waals surface area contributed by atoms with Crippen molar-refractivity contribution in [2.75, 3.05) is 0 Å². The number of hydrogen-bond acceptors (Lipinski definition) is 0. The van der Waals surface area contributed by atoms with Gasteiger partial charge in [0.05, 0.1) is 0 Å². The molecule has 0 amide bonds. The fourth-order valence-corrected chi connectivity index (χ4v) is 4.61. The molecule has 0 fully saturated rings. The van der Waals surface area contributed by atoms with E-state index in [0.29, 0.717) is 29.6 Å². The van der Waals surface area contributed by atoms with Gasteiger partial charge in [-0.15, -0.1) is 0 Å². The van der Waals surface area contributed by atoms with Crippen LogP contribution >= 0.6 is 0 Å². The van der Waals surface area contributed by atoms with E-state index in [9.17, 15) is 0 Å². The Balaban J connectivity index is 3.22. The molecule has 0 aliphatic rings. The highest BCUT2D eigenvalue weighted by molar-refractivity contribution is 5.95. The molecule has 0 bridgehead atoms. The fourth-order valence-electron chi connectivity index (χ4n) is 4.61. The van der Waals surface area contributed by atoms with Crippen molar-refractivity contribution < 1.29 is 0 Å². The zero-order valence-electron chi connectivity index (χ0n) is 18.1. The summed E-state index contributed by atoms with van der Waals surface area (Å²) in [6.45, 7) is 23.6. The van der Waals surface area contributed by atoms with Crippen LogP contribution in [0.1, 0.15) is 127 Å². The van der Waals surface area contributed by atoms with Crippen molar-refractivity contribution in [2.24, 2.45) is 0 Å². The number of hydrogen-bond donors (Lipinski definition) is 0. The van der Waals surface area contributed by atoms with Gasteiger partial charge in [0, 0.05) is 0 Å². The average Bonchev–Trinajstić information content (AvgIpc) is 2.50. The lowest BCUT2D eigenvalue weighted by molar-refractivity contribution is 0.728. The molecule has 0 atom stereocenters. The third-order valence-corrected chi connectivity index (χ3v) is 5.46. The molecular weight excluding hydrogens is 300 g/mol. The molecule has 2 aromatic carbocycles. The first-order valence-corrected chi connectivity index (χ1v) is 10.2. The van der Waals surface area contributed by atoms with Gasteiger partial charge in [0.25, 0.3) is 0 Å². The molecule has 2 rings (SSSR count). The molecule has 0 saturated carbocycles. The SMILES string of the molecule is CC(C)c1c(C(C)C)c(C(C)C)c2c(C(C)C)cccc2c1C(C)C. The first-order valence-electron chi connectivity index (χ1n) is 10.2. The Bertz CT molecular complexity index is 742. The van der Waals surface area contributed by atoms with Gasteiger partial charge in [-0.25, -0.2) is 0 Å². The predicted molar refractivity (Wildman–Crippen MR) is 114 cm³/mol. The van der Waals surface area contributed by atoms with E-state index in [0.717, 1.165) is 0 Å². The topological polar surface area (TPSA) is 0 Å². The summed E-state index contributed by atoms with van der Waals surface area (Å²) in [5.74, 6) is 2.74. The molecular formula is C25H38. The molecule has 25 heavy (non-hydrogen) atoms. The number of benzene rings is 2. The Labute approximate surface area is 156 Å². The van der Waals surface area contributed by atoms with Crippen molar-refractivity contribution in [1.82, 2.24) is 0 Å². The third kappa shape index (κ3) is 3.50. The summed E-state index contributed by atoms with van der Waals surface area (Å²) < 4.78 is 0. The lowest BCUT2D eigenvalue weighted by Gasteiger charge is -2.31. The summed E-state index contributed by atoms with van der Waals surface area (Å²) in [7, 11) is 0. The van der Waals surface area contributed by atoms with Gasteiger partial charge in [-0.1, -0.05) is 87.4 Å². The van der Waals surface area contributed by atoms with Crippen LogP contribution in [0.3, 0.4) is 0 Å². The van der Waals surface area contributed by atoms with E-state index in [1.54, 1.807) is 27.6 Å². The molecule has 0 spiro atoms. The van der Waals surface area contributed by atoms with Crippen LogP contribution in [0.5, 0.6) is 0 Å². The van der Waals surface area contributed by atoms with Crippen LogP contribution in [0.2, 0.25) is 0 Å². The molecule has 0 aliphatic carbocycles. The first-order chi connectivity index (χ1) is 11.6. The normalized spacial score (nSPS) is 12.6. The summed E-state index contributed by atoms with van der Waals surface area (Å²) >= 11 is 0. The monoisotopic (exact) mass is 338 g/mol. The second-order valence-corrected chi connectivity index (χ2v) is 9.20. The summed E-state index contributed by atoms with van der Waals surface area (Å²) in [5, 5.41) is 3.04. The van der Waals surface area contributed by atoms with Crippen LogP contribution in [-0.2, 0) is 0 Å².